The smallest absolute Gasteiger partial charge is 0.228 e. The van der Waals surface area contributed by atoms with Gasteiger partial charge in [-0.2, -0.15) is 4.98 Å². The summed E-state index contributed by atoms with van der Waals surface area (Å²) >= 11 is 0. The molecule has 27 heavy (non-hydrogen) atoms. The predicted octanol–water partition coefficient (Wildman–Crippen LogP) is 1.36. The molecule has 0 fully saturated rings. The maximum absolute atomic E-state index is 13.6. The molecule has 2 aromatic rings. The van der Waals surface area contributed by atoms with Crippen LogP contribution in [-0.4, -0.2) is 43.9 Å². The highest BCUT2D eigenvalue weighted by molar-refractivity contribution is 7.89. The number of nitrogens with one attached hydrogen (secondary N) is 2. The van der Waals surface area contributed by atoms with Crippen molar-refractivity contribution in [2.45, 2.75) is 32.6 Å². The molecule has 0 unspecified atom stereocenters. The number of halogens is 1. The van der Waals surface area contributed by atoms with Crippen molar-refractivity contribution in [2.75, 3.05) is 19.3 Å². The largest absolute Gasteiger partial charge is 0.357 e. The van der Waals surface area contributed by atoms with Crippen molar-refractivity contribution < 1.29 is 17.3 Å². The lowest BCUT2D eigenvalue weighted by atomic mass is 10.1. The van der Waals surface area contributed by atoms with Crippen LogP contribution in [0.3, 0.4) is 0 Å². The van der Waals surface area contributed by atoms with Crippen molar-refractivity contribution in [1.29, 1.82) is 0 Å². The number of guanidine groups is 1. The molecule has 1 heterocycles. The molecule has 148 valence electrons. The summed E-state index contributed by atoms with van der Waals surface area (Å²) in [5.41, 5.74) is 1.07. The highest BCUT2D eigenvalue weighted by Gasteiger charge is 2.11. The minimum Gasteiger partial charge on any atom is -0.357 e. The van der Waals surface area contributed by atoms with Gasteiger partial charge in [0.15, 0.2) is 21.6 Å². The Bertz CT molecular complexity index is 896. The topological polar surface area (TPSA) is 109 Å². The maximum Gasteiger partial charge on any atom is 0.228 e. The average Bonchev–Trinajstić information content (AvgIpc) is 2.99. The van der Waals surface area contributed by atoms with E-state index in [-0.39, 0.29) is 12.3 Å². The first kappa shape index (κ1) is 20.8. The van der Waals surface area contributed by atoms with Crippen molar-refractivity contribution in [3.05, 3.63) is 46.9 Å². The van der Waals surface area contributed by atoms with Crippen LogP contribution < -0.4 is 10.6 Å². The molecule has 1 aromatic heterocycles. The van der Waals surface area contributed by atoms with E-state index in [4.69, 9.17) is 4.52 Å². The quantitative estimate of drug-likeness (QED) is 0.511. The first-order valence-corrected chi connectivity index (χ1v) is 10.6. The maximum atomic E-state index is 13.6. The fourth-order valence-corrected chi connectivity index (χ4v) is 3.25. The number of nitrogens with zero attached hydrogens (tertiary/aromatic N) is 3. The molecule has 0 aliphatic heterocycles. The Morgan fingerprint density at radius 2 is 2.07 bits per heavy atom. The van der Waals surface area contributed by atoms with Gasteiger partial charge in [0.1, 0.15) is 5.82 Å². The van der Waals surface area contributed by atoms with Crippen molar-refractivity contribution in [1.82, 2.24) is 20.8 Å². The van der Waals surface area contributed by atoms with Gasteiger partial charge in [-0.3, -0.25) is 0 Å². The van der Waals surface area contributed by atoms with Gasteiger partial charge in [0.2, 0.25) is 5.89 Å². The second-order valence-electron chi connectivity index (χ2n) is 6.09. The zero-order valence-electron chi connectivity index (χ0n) is 15.6. The molecule has 0 radical (unpaired) electrons. The van der Waals surface area contributed by atoms with Gasteiger partial charge in [0.05, 0.1) is 12.3 Å². The summed E-state index contributed by atoms with van der Waals surface area (Å²) < 4.78 is 41.8. The fourth-order valence-electron chi connectivity index (χ4n) is 2.40. The van der Waals surface area contributed by atoms with Crippen LogP contribution in [0.4, 0.5) is 4.39 Å². The van der Waals surface area contributed by atoms with Crippen molar-refractivity contribution in [3.63, 3.8) is 0 Å². The lowest BCUT2D eigenvalue weighted by Crippen LogP contribution is -2.38. The predicted molar refractivity (Wildman–Crippen MR) is 101 cm³/mol. The van der Waals surface area contributed by atoms with Gasteiger partial charge in [0.25, 0.3) is 0 Å². The summed E-state index contributed by atoms with van der Waals surface area (Å²) in [6, 6.07) is 4.05. The molecule has 0 aliphatic rings. The van der Waals surface area contributed by atoms with Crippen molar-refractivity contribution in [2.24, 2.45) is 4.99 Å². The van der Waals surface area contributed by atoms with Gasteiger partial charge in [-0.15, -0.1) is 0 Å². The first-order valence-electron chi connectivity index (χ1n) is 8.53. The van der Waals surface area contributed by atoms with Crippen LogP contribution in [0.5, 0.6) is 0 Å². The second kappa shape index (κ2) is 9.45. The lowest BCUT2D eigenvalue weighted by molar-refractivity contribution is 0.374. The molecule has 0 saturated heterocycles. The van der Waals surface area contributed by atoms with Crippen LogP contribution in [-0.2, 0) is 28.6 Å². The van der Waals surface area contributed by atoms with Gasteiger partial charge in [-0.05, 0) is 37.1 Å². The van der Waals surface area contributed by atoms with Crippen LogP contribution in [0.1, 0.15) is 29.8 Å². The van der Waals surface area contributed by atoms with E-state index >= 15 is 0 Å². The van der Waals surface area contributed by atoms with E-state index < -0.39 is 15.7 Å². The zero-order chi connectivity index (χ0) is 19.9. The van der Waals surface area contributed by atoms with Gasteiger partial charge in [-0.25, -0.2) is 17.8 Å². The Hall–Kier alpha value is -2.49. The fraction of sp³-hybridized carbons (Fsp3) is 0.471. The van der Waals surface area contributed by atoms with Crippen LogP contribution in [0.25, 0.3) is 0 Å². The molecule has 1 aromatic carbocycles. The van der Waals surface area contributed by atoms with E-state index in [0.717, 1.165) is 6.26 Å². The first-order chi connectivity index (χ1) is 12.8. The Balaban J connectivity index is 2.05. The van der Waals surface area contributed by atoms with Crippen molar-refractivity contribution in [3.8, 4) is 0 Å². The third kappa shape index (κ3) is 7.33. The number of aromatic nitrogens is 2. The Morgan fingerprint density at radius 1 is 1.30 bits per heavy atom. The summed E-state index contributed by atoms with van der Waals surface area (Å²) in [4.78, 5) is 8.54. The third-order valence-electron chi connectivity index (χ3n) is 3.54. The third-order valence-corrected chi connectivity index (χ3v) is 4.37. The number of aliphatic imine (C=N–C) groups is 1. The molecule has 0 bridgehead atoms. The summed E-state index contributed by atoms with van der Waals surface area (Å²) in [6.07, 6.45) is 1.68. The molecular weight excluding hydrogens is 373 g/mol. The number of sulfone groups is 1. The van der Waals surface area contributed by atoms with Crippen LogP contribution in [0.2, 0.25) is 0 Å². The molecular formula is C17H24FN5O3S. The second-order valence-corrected chi connectivity index (χ2v) is 8.23. The van der Waals surface area contributed by atoms with Gasteiger partial charge in [-0.1, -0.05) is 11.2 Å². The Labute approximate surface area is 158 Å². The van der Waals surface area contributed by atoms with Crippen molar-refractivity contribution >= 4 is 15.8 Å². The molecule has 10 heteroatoms. The minimum atomic E-state index is -3.23. The van der Waals surface area contributed by atoms with Crippen LogP contribution in [0, 0.1) is 12.7 Å². The minimum absolute atomic E-state index is 0.150. The standard InChI is InChI=1S/C17H24FN5O3S/c1-4-19-17(20-8-7-16-22-12(2)23-26-16)21-10-14-9-15(18)6-5-13(14)11-27(3,24)25/h5-6,9H,4,7-8,10-11H2,1-3H3,(H2,19,20,21). The molecule has 0 amide bonds. The highest BCUT2D eigenvalue weighted by Crippen LogP contribution is 2.15. The molecule has 0 saturated carbocycles. The van der Waals surface area contributed by atoms with Crippen LogP contribution >= 0.6 is 0 Å². The molecule has 2 N–H and O–H groups in total. The van der Waals surface area contributed by atoms with E-state index in [9.17, 15) is 12.8 Å². The van der Waals surface area contributed by atoms with Gasteiger partial charge in [0, 0.05) is 25.8 Å². The summed E-state index contributed by atoms with van der Waals surface area (Å²) in [5.74, 6) is 1.05. The summed E-state index contributed by atoms with van der Waals surface area (Å²) in [7, 11) is -3.23. The normalized spacial score (nSPS) is 12.2. The van der Waals surface area contributed by atoms with E-state index in [1.807, 2.05) is 6.92 Å². The molecule has 2 rings (SSSR count). The lowest BCUT2D eigenvalue weighted by Gasteiger charge is -2.12. The molecule has 8 nitrogen and oxygen atoms in total. The Morgan fingerprint density at radius 3 is 2.70 bits per heavy atom. The van der Waals surface area contributed by atoms with E-state index in [2.05, 4.69) is 25.8 Å². The molecule has 0 spiro atoms. The van der Waals surface area contributed by atoms with Crippen LogP contribution in [0.15, 0.2) is 27.7 Å². The average molecular weight is 397 g/mol. The highest BCUT2D eigenvalue weighted by atomic mass is 32.2. The van der Waals surface area contributed by atoms with E-state index in [1.165, 1.54) is 18.2 Å². The number of rotatable bonds is 8. The zero-order valence-corrected chi connectivity index (χ0v) is 16.4. The van der Waals surface area contributed by atoms with E-state index in [0.29, 0.717) is 48.3 Å². The summed E-state index contributed by atoms with van der Waals surface area (Å²) in [5, 5.41) is 9.95. The number of benzene rings is 1. The SMILES string of the molecule is CCNC(=NCc1cc(F)ccc1CS(C)(=O)=O)NCCc1nc(C)no1. The molecule has 0 atom stereocenters. The van der Waals surface area contributed by atoms with Gasteiger partial charge < -0.3 is 15.2 Å². The molecule has 0 aliphatic carbocycles. The Kier molecular flexibility index (Phi) is 7.28. The van der Waals surface area contributed by atoms with E-state index in [1.54, 1.807) is 6.92 Å². The van der Waals surface area contributed by atoms with Gasteiger partial charge >= 0.3 is 0 Å². The number of hydrogen-bond donors (Lipinski definition) is 2. The summed E-state index contributed by atoms with van der Waals surface area (Å²) in [6.45, 7) is 4.99. The monoisotopic (exact) mass is 397 g/mol. The number of aryl methyl sites for hydroxylation is 1. The number of hydrogen-bond acceptors (Lipinski definition) is 6.